The highest BCUT2D eigenvalue weighted by atomic mass is 16.7. The number of carbonyl (C=O) groups excluding carboxylic acids is 3. The van der Waals surface area contributed by atoms with Crippen molar-refractivity contribution in [1.29, 1.82) is 0 Å². The summed E-state index contributed by atoms with van der Waals surface area (Å²) in [4.78, 5) is 45.8. The van der Waals surface area contributed by atoms with Gasteiger partial charge in [0.15, 0.2) is 17.3 Å². The Morgan fingerprint density at radius 2 is 1.60 bits per heavy atom. The quantitative estimate of drug-likeness (QED) is 0.120. The summed E-state index contributed by atoms with van der Waals surface area (Å²) in [6.07, 6.45) is 2.84. The molecule has 4 aromatic rings. The number of Topliss-reactive ketones (excluding diaryl/α,β-unsaturated/α-hetero) is 1. The number of nitrogens with zero attached hydrogens (tertiary/aromatic N) is 1. The first kappa shape index (κ1) is 32.7. The first-order chi connectivity index (χ1) is 22.6. The van der Waals surface area contributed by atoms with E-state index in [1.54, 1.807) is 62.4 Å². The van der Waals surface area contributed by atoms with Crippen LogP contribution in [-0.4, -0.2) is 45.4 Å². The molecule has 4 N–H and O–H groups in total. The Morgan fingerprint density at radius 3 is 2.30 bits per heavy atom. The Morgan fingerprint density at radius 1 is 0.915 bits per heavy atom. The van der Waals surface area contributed by atoms with Gasteiger partial charge in [-0.2, -0.15) is 0 Å². The molecule has 244 valence electrons. The lowest BCUT2D eigenvalue weighted by Gasteiger charge is -2.24. The van der Waals surface area contributed by atoms with Crippen molar-refractivity contribution in [1.82, 2.24) is 15.4 Å². The summed E-state index contributed by atoms with van der Waals surface area (Å²) in [5, 5.41) is 27.3. The molecule has 0 fully saturated rings. The predicted molar refractivity (Wildman–Crippen MR) is 174 cm³/mol. The summed E-state index contributed by atoms with van der Waals surface area (Å²) in [5.41, 5.74) is 2.19. The van der Waals surface area contributed by atoms with Crippen LogP contribution in [0.3, 0.4) is 0 Å². The number of fused-ring (bicyclic) bond motifs is 1. The maximum Gasteiger partial charge on any atom is 0.244 e. The van der Waals surface area contributed by atoms with Crippen LogP contribution in [0.4, 0.5) is 0 Å². The van der Waals surface area contributed by atoms with E-state index in [0.29, 0.717) is 17.1 Å². The molecule has 47 heavy (non-hydrogen) atoms. The summed E-state index contributed by atoms with van der Waals surface area (Å²) in [5.74, 6) is -1.64. The van der Waals surface area contributed by atoms with Crippen molar-refractivity contribution >= 4 is 23.7 Å². The van der Waals surface area contributed by atoms with Gasteiger partial charge in [0.2, 0.25) is 30.4 Å². The van der Waals surface area contributed by atoms with Crippen molar-refractivity contribution in [3.05, 3.63) is 113 Å². The smallest absolute Gasteiger partial charge is 0.244 e. The minimum atomic E-state index is -1.05. The number of carbonyl (C=O) groups is 3. The SMILES string of the molecule is Cc1c(C(=O)[C@@H](NC(=O)C[C@H](NC(=O)C=Cc2ccc3c(c2)OCO3)c2ccccc2)C(C)C)c(O)n(OCc2ccccc2)c1O. The van der Waals surface area contributed by atoms with Crippen LogP contribution in [0.2, 0.25) is 0 Å². The van der Waals surface area contributed by atoms with Crippen LogP contribution in [-0.2, 0) is 16.2 Å². The zero-order valence-electron chi connectivity index (χ0n) is 26.3. The van der Waals surface area contributed by atoms with E-state index in [1.807, 2.05) is 36.4 Å². The zero-order chi connectivity index (χ0) is 33.5. The highest BCUT2D eigenvalue weighted by Gasteiger charge is 2.34. The zero-order valence-corrected chi connectivity index (χ0v) is 26.3. The van der Waals surface area contributed by atoms with E-state index >= 15 is 0 Å². The fourth-order valence-electron chi connectivity index (χ4n) is 5.22. The van der Waals surface area contributed by atoms with Gasteiger partial charge < -0.3 is 35.2 Å². The Kier molecular flexibility index (Phi) is 10.1. The monoisotopic (exact) mass is 639 g/mol. The molecule has 0 radical (unpaired) electrons. The van der Waals surface area contributed by atoms with E-state index in [9.17, 15) is 24.6 Å². The molecule has 0 bridgehead atoms. The summed E-state index contributed by atoms with van der Waals surface area (Å²) in [6.45, 7) is 5.19. The van der Waals surface area contributed by atoms with Gasteiger partial charge in [0, 0.05) is 11.6 Å². The second-order valence-electron chi connectivity index (χ2n) is 11.5. The van der Waals surface area contributed by atoms with E-state index in [-0.39, 0.29) is 36.9 Å². The molecule has 3 aromatic carbocycles. The number of aromatic hydroxyl groups is 2. The molecule has 0 aliphatic carbocycles. The Hall–Kier alpha value is -5.71. The fraction of sp³-hybridized carbons (Fsp3) is 0.250. The number of ketones is 1. The van der Waals surface area contributed by atoms with Gasteiger partial charge in [-0.25, -0.2) is 0 Å². The van der Waals surface area contributed by atoms with E-state index in [1.165, 1.54) is 13.0 Å². The molecule has 11 nitrogen and oxygen atoms in total. The van der Waals surface area contributed by atoms with Crippen molar-refractivity contribution in [3.63, 3.8) is 0 Å². The molecule has 0 saturated carbocycles. The van der Waals surface area contributed by atoms with Gasteiger partial charge >= 0.3 is 0 Å². The van der Waals surface area contributed by atoms with Crippen LogP contribution < -0.4 is 24.9 Å². The van der Waals surface area contributed by atoms with E-state index in [0.717, 1.165) is 15.9 Å². The molecule has 1 aliphatic heterocycles. The lowest BCUT2D eigenvalue weighted by molar-refractivity contribution is -0.123. The Bertz CT molecular complexity index is 1770. The lowest BCUT2D eigenvalue weighted by Crippen LogP contribution is -2.45. The first-order valence-corrected chi connectivity index (χ1v) is 15.2. The number of amides is 2. The standard InChI is InChI=1S/C36H37N3O8/c1-22(2)33(34(42)32-23(3)35(43)39(36(32)44)47-20-25-10-6-4-7-11-25)38-31(41)19-27(26-12-8-5-9-13-26)37-30(40)17-15-24-14-16-28-29(18-24)46-21-45-28/h4-18,22,27,33,43-44H,19-21H2,1-3H3,(H,37,40)(H,38,41)/t27-,33-/m0/s1. The molecular weight excluding hydrogens is 602 g/mol. The third kappa shape index (κ3) is 7.75. The van der Waals surface area contributed by atoms with Gasteiger partial charge in [0.25, 0.3) is 0 Å². The normalized spacial score (nSPS) is 13.4. The molecule has 0 spiro atoms. The summed E-state index contributed by atoms with van der Waals surface area (Å²) < 4.78 is 11.5. The number of hydrogen-bond donors (Lipinski definition) is 4. The fourth-order valence-corrected chi connectivity index (χ4v) is 5.22. The third-order valence-corrected chi connectivity index (χ3v) is 7.77. The maximum atomic E-state index is 13.8. The van der Waals surface area contributed by atoms with Gasteiger partial charge in [-0.05, 0) is 47.7 Å². The van der Waals surface area contributed by atoms with Gasteiger partial charge in [0.1, 0.15) is 6.61 Å². The Balaban J connectivity index is 1.29. The van der Waals surface area contributed by atoms with Gasteiger partial charge in [-0.1, -0.05) is 80.6 Å². The number of nitrogens with one attached hydrogen (secondary N) is 2. The number of hydrogen-bond acceptors (Lipinski definition) is 8. The molecule has 1 aliphatic rings. The summed E-state index contributed by atoms with van der Waals surface area (Å²) in [7, 11) is 0. The minimum Gasteiger partial charge on any atom is -0.492 e. The highest BCUT2D eigenvalue weighted by Crippen LogP contribution is 2.35. The van der Waals surface area contributed by atoms with Gasteiger partial charge in [-0.15, -0.1) is 4.73 Å². The lowest BCUT2D eigenvalue weighted by atomic mass is 9.93. The first-order valence-electron chi connectivity index (χ1n) is 15.2. The average molecular weight is 640 g/mol. The number of benzene rings is 3. The van der Waals surface area contributed by atoms with Crippen LogP contribution in [0.1, 0.15) is 58.9 Å². The molecule has 5 rings (SSSR count). The molecule has 0 unspecified atom stereocenters. The minimum absolute atomic E-state index is 0.0343. The van der Waals surface area contributed by atoms with E-state index in [4.69, 9.17) is 14.3 Å². The predicted octanol–water partition coefficient (Wildman–Crippen LogP) is 4.85. The van der Waals surface area contributed by atoms with Crippen molar-refractivity contribution in [2.75, 3.05) is 6.79 Å². The molecule has 2 heterocycles. The molecule has 11 heteroatoms. The number of ether oxygens (including phenoxy) is 2. The molecule has 2 amide bonds. The van der Waals surface area contributed by atoms with Gasteiger partial charge in [0.05, 0.1) is 24.1 Å². The molecule has 0 saturated heterocycles. The summed E-state index contributed by atoms with van der Waals surface area (Å²) in [6, 6.07) is 21.8. The average Bonchev–Trinajstić information content (AvgIpc) is 3.62. The van der Waals surface area contributed by atoms with Gasteiger partial charge in [-0.3, -0.25) is 14.4 Å². The van der Waals surface area contributed by atoms with Crippen molar-refractivity contribution < 1.29 is 38.9 Å². The van der Waals surface area contributed by atoms with Crippen LogP contribution >= 0.6 is 0 Å². The van der Waals surface area contributed by atoms with Crippen LogP contribution in [0.15, 0.2) is 84.9 Å². The second-order valence-corrected chi connectivity index (χ2v) is 11.5. The Labute approximate surface area is 272 Å². The topological polar surface area (TPSA) is 148 Å². The van der Waals surface area contributed by atoms with Crippen LogP contribution in [0.25, 0.3) is 6.08 Å². The molecule has 2 atom stereocenters. The highest BCUT2D eigenvalue weighted by molar-refractivity contribution is 6.05. The molecular formula is C36H37N3O8. The maximum absolute atomic E-state index is 13.8. The third-order valence-electron chi connectivity index (χ3n) is 7.77. The van der Waals surface area contributed by atoms with Crippen LogP contribution in [0, 0.1) is 12.8 Å². The van der Waals surface area contributed by atoms with Crippen molar-refractivity contribution in [2.24, 2.45) is 5.92 Å². The van der Waals surface area contributed by atoms with Crippen LogP contribution in [0.5, 0.6) is 23.3 Å². The van der Waals surface area contributed by atoms with E-state index < -0.39 is 41.4 Å². The number of aromatic nitrogens is 1. The number of rotatable bonds is 13. The largest absolute Gasteiger partial charge is 0.492 e. The second kappa shape index (κ2) is 14.6. The van der Waals surface area contributed by atoms with Crippen molar-refractivity contribution in [3.8, 4) is 23.3 Å². The van der Waals surface area contributed by atoms with Crippen molar-refractivity contribution in [2.45, 2.75) is 45.9 Å². The summed E-state index contributed by atoms with van der Waals surface area (Å²) >= 11 is 0. The molecule has 1 aromatic heterocycles. The van der Waals surface area contributed by atoms with E-state index in [2.05, 4.69) is 10.6 Å².